The highest BCUT2D eigenvalue weighted by molar-refractivity contribution is 7.89. The summed E-state index contributed by atoms with van der Waals surface area (Å²) in [6.45, 7) is 3.08. The summed E-state index contributed by atoms with van der Waals surface area (Å²) in [6, 6.07) is 6.94. The van der Waals surface area contributed by atoms with Gasteiger partial charge in [0, 0.05) is 24.9 Å². The normalized spacial score (nSPS) is 16.7. The van der Waals surface area contributed by atoms with E-state index in [0.717, 1.165) is 37.9 Å². The van der Waals surface area contributed by atoms with E-state index in [1.54, 1.807) is 24.3 Å². The van der Waals surface area contributed by atoms with E-state index in [1.807, 2.05) is 0 Å². The molecule has 5 nitrogen and oxygen atoms in total. The van der Waals surface area contributed by atoms with Gasteiger partial charge in [-0.2, -0.15) is 0 Å². The van der Waals surface area contributed by atoms with Crippen molar-refractivity contribution < 1.29 is 13.5 Å². The maximum absolute atomic E-state index is 12.0. The molecule has 118 valence electrons. The Morgan fingerprint density at radius 3 is 2.48 bits per heavy atom. The zero-order chi connectivity index (χ0) is 15.3. The minimum absolute atomic E-state index is 0.122. The van der Waals surface area contributed by atoms with E-state index in [2.05, 4.69) is 17.0 Å². The van der Waals surface area contributed by atoms with Crippen molar-refractivity contribution in [1.29, 1.82) is 0 Å². The molecule has 1 atom stereocenters. The molecule has 3 N–H and O–H groups in total. The standard InChI is InChI=1S/C15H24N2O3S/c1-2-12(9-10-18)11-16-13-5-7-15(8-6-13)21(19,20)17-14-3-4-14/h5-8,12,14,16-18H,2-4,9-11H2,1H3. The first kappa shape index (κ1) is 16.3. The summed E-state index contributed by atoms with van der Waals surface area (Å²) in [7, 11) is -3.37. The van der Waals surface area contributed by atoms with Crippen LogP contribution < -0.4 is 10.0 Å². The molecule has 0 aliphatic heterocycles. The highest BCUT2D eigenvalue weighted by Crippen LogP contribution is 2.23. The molecule has 1 aromatic rings. The van der Waals surface area contributed by atoms with E-state index in [1.165, 1.54) is 0 Å². The number of rotatable bonds is 9. The Labute approximate surface area is 126 Å². The van der Waals surface area contributed by atoms with Crippen molar-refractivity contribution >= 4 is 15.7 Å². The van der Waals surface area contributed by atoms with Gasteiger partial charge >= 0.3 is 0 Å². The first-order chi connectivity index (χ1) is 10.0. The first-order valence-electron chi connectivity index (χ1n) is 7.52. The monoisotopic (exact) mass is 312 g/mol. The van der Waals surface area contributed by atoms with Crippen LogP contribution in [-0.2, 0) is 10.0 Å². The van der Waals surface area contributed by atoms with Crippen molar-refractivity contribution in [2.24, 2.45) is 5.92 Å². The van der Waals surface area contributed by atoms with Gasteiger partial charge in [-0.1, -0.05) is 13.3 Å². The van der Waals surface area contributed by atoms with E-state index in [4.69, 9.17) is 5.11 Å². The van der Waals surface area contributed by atoms with Crippen LogP contribution in [0, 0.1) is 5.92 Å². The molecule has 21 heavy (non-hydrogen) atoms. The van der Waals surface area contributed by atoms with Gasteiger partial charge < -0.3 is 10.4 Å². The van der Waals surface area contributed by atoms with Crippen LogP contribution in [0.4, 0.5) is 5.69 Å². The molecule has 0 aromatic heterocycles. The SMILES string of the molecule is CCC(CCO)CNc1ccc(S(=O)(=O)NC2CC2)cc1. The van der Waals surface area contributed by atoms with E-state index in [0.29, 0.717) is 10.8 Å². The van der Waals surface area contributed by atoms with Crippen LogP contribution in [0.3, 0.4) is 0 Å². The highest BCUT2D eigenvalue weighted by Gasteiger charge is 2.27. The molecule has 1 aromatic carbocycles. The molecule has 1 fully saturated rings. The Hall–Kier alpha value is -1.11. The fourth-order valence-electron chi connectivity index (χ4n) is 2.14. The lowest BCUT2D eigenvalue weighted by atomic mass is 10.0. The lowest BCUT2D eigenvalue weighted by Gasteiger charge is -2.15. The van der Waals surface area contributed by atoms with Gasteiger partial charge in [-0.15, -0.1) is 0 Å². The van der Waals surface area contributed by atoms with Gasteiger partial charge in [0.2, 0.25) is 10.0 Å². The summed E-state index contributed by atoms with van der Waals surface area (Å²) in [5.41, 5.74) is 0.900. The largest absolute Gasteiger partial charge is 0.396 e. The number of hydrogen-bond acceptors (Lipinski definition) is 4. The first-order valence-corrected chi connectivity index (χ1v) is 9.00. The van der Waals surface area contributed by atoms with Crippen molar-refractivity contribution in [2.45, 2.75) is 43.5 Å². The summed E-state index contributed by atoms with van der Waals surface area (Å²) in [4.78, 5) is 0.308. The lowest BCUT2D eigenvalue weighted by molar-refractivity contribution is 0.258. The van der Waals surface area contributed by atoms with Crippen molar-refractivity contribution in [2.75, 3.05) is 18.5 Å². The van der Waals surface area contributed by atoms with E-state index in [-0.39, 0.29) is 12.6 Å². The van der Waals surface area contributed by atoms with E-state index < -0.39 is 10.0 Å². The quantitative estimate of drug-likeness (QED) is 0.651. The summed E-state index contributed by atoms with van der Waals surface area (Å²) in [5, 5.41) is 12.3. The maximum Gasteiger partial charge on any atom is 0.240 e. The summed E-state index contributed by atoms with van der Waals surface area (Å²) in [5.74, 6) is 0.426. The van der Waals surface area contributed by atoms with Crippen LogP contribution in [0.2, 0.25) is 0 Å². The number of sulfonamides is 1. The van der Waals surface area contributed by atoms with Gasteiger partial charge in [0.05, 0.1) is 4.90 Å². The van der Waals surface area contributed by atoms with E-state index in [9.17, 15) is 8.42 Å². The molecule has 0 radical (unpaired) electrons. The van der Waals surface area contributed by atoms with Crippen LogP contribution in [0.25, 0.3) is 0 Å². The van der Waals surface area contributed by atoms with Crippen LogP contribution >= 0.6 is 0 Å². The minimum Gasteiger partial charge on any atom is -0.396 e. The number of hydrogen-bond donors (Lipinski definition) is 3. The van der Waals surface area contributed by atoms with Gasteiger partial charge in [-0.3, -0.25) is 0 Å². The molecule has 6 heteroatoms. The predicted octanol–water partition coefficient (Wildman–Crippen LogP) is 1.95. The molecule has 0 heterocycles. The molecule has 0 amide bonds. The number of aliphatic hydroxyl groups excluding tert-OH is 1. The third kappa shape index (κ3) is 4.98. The van der Waals surface area contributed by atoms with Gasteiger partial charge in [-0.25, -0.2) is 13.1 Å². The van der Waals surface area contributed by atoms with Crippen LogP contribution in [0.1, 0.15) is 32.6 Å². The number of aliphatic hydroxyl groups is 1. The highest BCUT2D eigenvalue weighted by atomic mass is 32.2. The molecule has 0 bridgehead atoms. The fraction of sp³-hybridized carbons (Fsp3) is 0.600. The molecular formula is C15H24N2O3S. The third-order valence-corrected chi connectivity index (χ3v) is 5.31. The number of benzene rings is 1. The van der Waals surface area contributed by atoms with Gasteiger partial charge in [0.15, 0.2) is 0 Å². The Balaban J connectivity index is 1.92. The van der Waals surface area contributed by atoms with E-state index >= 15 is 0 Å². The topological polar surface area (TPSA) is 78.4 Å². The second-order valence-electron chi connectivity index (χ2n) is 5.59. The van der Waals surface area contributed by atoms with Gasteiger partial charge in [0.25, 0.3) is 0 Å². The molecule has 0 spiro atoms. The lowest BCUT2D eigenvalue weighted by Crippen LogP contribution is -2.25. The molecule has 1 aliphatic rings. The molecule has 0 saturated heterocycles. The molecule has 2 rings (SSSR count). The smallest absolute Gasteiger partial charge is 0.240 e. The van der Waals surface area contributed by atoms with Gasteiger partial charge in [0.1, 0.15) is 0 Å². The zero-order valence-corrected chi connectivity index (χ0v) is 13.2. The number of anilines is 1. The van der Waals surface area contributed by atoms with Crippen molar-refractivity contribution in [3.8, 4) is 0 Å². The number of nitrogens with one attached hydrogen (secondary N) is 2. The zero-order valence-electron chi connectivity index (χ0n) is 12.4. The minimum atomic E-state index is -3.37. The molecule has 1 saturated carbocycles. The average molecular weight is 312 g/mol. The Morgan fingerprint density at radius 1 is 1.29 bits per heavy atom. The van der Waals surface area contributed by atoms with Crippen LogP contribution in [-0.4, -0.2) is 32.7 Å². The Kier molecular flexibility index (Phi) is 5.61. The fourth-order valence-corrected chi connectivity index (χ4v) is 3.44. The second-order valence-corrected chi connectivity index (χ2v) is 7.30. The summed E-state index contributed by atoms with van der Waals surface area (Å²) < 4.78 is 26.7. The molecular weight excluding hydrogens is 288 g/mol. The molecule has 1 aliphatic carbocycles. The van der Waals surface area contributed by atoms with Crippen molar-refractivity contribution in [3.05, 3.63) is 24.3 Å². The second kappa shape index (κ2) is 7.24. The van der Waals surface area contributed by atoms with Gasteiger partial charge in [-0.05, 0) is 49.4 Å². The predicted molar refractivity (Wildman–Crippen MR) is 83.8 cm³/mol. The maximum atomic E-state index is 12.0. The average Bonchev–Trinajstić information content (AvgIpc) is 3.27. The Bertz CT molecular complexity index is 539. The summed E-state index contributed by atoms with van der Waals surface area (Å²) in [6.07, 6.45) is 3.65. The van der Waals surface area contributed by atoms with Crippen LogP contribution in [0.5, 0.6) is 0 Å². The Morgan fingerprint density at radius 2 is 1.95 bits per heavy atom. The third-order valence-electron chi connectivity index (χ3n) is 3.77. The van der Waals surface area contributed by atoms with Crippen molar-refractivity contribution in [1.82, 2.24) is 4.72 Å². The van der Waals surface area contributed by atoms with Crippen LogP contribution in [0.15, 0.2) is 29.2 Å². The van der Waals surface area contributed by atoms with Crippen molar-refractivity contribution in [3.63, 3.8) is 0 Å². The summed E-state index contributed by atoms with van der Waals surface area (Å²) >= 11 is 0. The molecule has 1 unspecified atom stereocenters.